The van der Waals surface area contributed by atoms with Crippen molar-refractivity contribution in [2.24, 2.45) is 0 Å². The lowest BCUT2D eigenvalue weighted by Gasteiger charge is -1.99. The Balaban J connectivity index is 1.69. The van der Waals surface area contributed by atoms with Crippen LogP contribution in [0, 0.1) is 0 Å². The molecule has 0 unspecified atom stereocenters. The number of rotatable bonds is 3. The molecule has 0 amide bonds. The second-order valence-electron chi connectivity index (χ2n) is 3.72. The summed E-state index contributed by atoms with van der Waals surface area (Å²) in [5, 5.41) is 14.3. The molecule has 1 aromatic heterocycles. The van der Waals surface area contributed by atoms with Gasteiger partial charge >= 0.3 is 0 Å². The lowest BCUT2D eigenvalue weighted by Crippen LogP contribution is -2.35. The van der Waals surface area contributed by atoms with E-state index in [1.807, 2.05) is 18.2 Å². The van der Waals surface area contributed by atoms with E-state index in [1.54, 1.807) is 0 Å². The minimum atomic E-state index is -0.435. The number of nitrogens with zero attached hydrogens (tertiary/aromatic N) is 2. The molecule has 1 aliphatic heterocycles. The summed E-state index contributed by atoms with van der Waals surface area (Å²) in [6, 6.07) is 5.78. The molecule has 0 N–H and O–H groups in total. The van der Waals surface area contributed by atoms with Crippen molar-refractivity contribution >= 4 is 0 Å². The smallest absolute Gasteiger partial charge is 0.231 e. The van der Waals surface area contributed by atoms with E-state index in [2.05, 4.69) is 9.79 Å². The third kappa shape index (κ3) is 2.01. The molecule has 3 rings (SSSR count). The maximum absolute atomic E-state index is 10.8. The van der Waals surface area contributed by atoms with E-state index in [1.165, 1.54) is 10.9 Å². The fourth-order valence-electron chi connectivity index (χ4n) is 1.71. The van der Waals surface area contributed by atoms with Crippen LogP contribution in [0.2, 0.25) is 0 Å². The first-order chi connectivity index (χ1) is 8.31. The van der Waals surface area contributed by atoms with Crippen LogP contribution in [-0.2, 0) is 13.0 Å². The van der Waals surface area contributed by atoms with E-state index >= 15 is 0 Å². The topological polar surface area (TPSA) is 71.4 Å². The molecule has 0 aliphatic carbocycles. The van der Waals surface area contributed by atoms with Gasteiger partial charge < -0.3 is 19.1 Å². The van der Waals surface area contributed by atoms with Crippen LogP contribution in [0.5, 0.6) is 17.4 Å². The van der Waals surface area contributed by atoms with Crippen LogP contribution in [0.4, 0.5) is 0 Å². The molecule has 2 aromatic rings. The van der Waals surface area contributed by atoms with E-state index in [0.717, 1.165) is 23.5 Å². The van der Waals surface area contributed by atoms with E-state index in [4.69, 9.17) is 9.47 Å². The predicted molar refractivity (Wildman–Crippen MR) is 52.4 cm³/mol. The summed E-state index contributed by atoms with van der Waals surface area (Å²) in [6.45, 7) is 0.863. The van der Waals surface area contributed by atoms with Crippen molar-refractivity contribution in [1.29, 1.82) is 0 Å². The monoisotopic (exact) mass is 234 g/mol. The molecule has 0 saturated heterocycles. The van der Waals surface area contributed by atoms with Crippen molar-refractivity contribution in [3.8, 4) is 17.4 Å². The minimum Gasteiger partial charge on any atom is -0.539 e. The lowest BCUT2D eigenvalue weighted by molar-refractivity contribution is -0.762. The average molecular weight is 234 g/mol. The Morgan fingerprint density at radius 1 is 1.29 bits per heavy atom. The van der Waals surface area contributed by atoms with Crippen LogP contribution in [-0.4, -0.2) is 12.1 Å². The third-order valence-electron chi connectivity index (χ3n) is 2.56. The number of hydrogen-bond acceptors (Lipinski definition) is 5. The van der Waals surface area contributed by atoms with Gasteiger partial charge in [-0.25, -0.2) is 0 Å². The van der Waals surface area contributed by atoms with Crippen LogP contribution >= 0.6 is 0 Å². The number of fused-ring (bicyclic) bond motifs is 1. The van der Waals surface area contributed by atoms with Crippen molar-refractivity contribution in [3.63, 3.8) is 0 Å². The molecule has 0 saturated carbocycles. The average Bonchev–Trinajstić information content (AvgIpc) is 2.94. The lowest BCUT2D eigenvalue weighted by atomic mass is 10.1. The standard InChI is InChI=1S/C11H10N2O4/c14-11-6-13(12-17-11)4-3-8-1-2-9-10(5-8)16-7-15-9/h1-2,5-6H,3-4,7H2. The molecule has 6 nitrogen and oxygen atoms in total. The van der Waals surface area contributed by atoms with Crippen molar-refractivity contribution < 1.29 is 23.8 Å². The quantitative estimate of drug-likeness (QED) is 0.699. The normalized spacial score (nSPS) is 12.9. The van der Waals surface area contributed by atoms with Gasteiger partial charge in [-0.05, 0) is 17.7 Å². The van der Waals surface area contributed by atoms with Gasteiger partial charge in [0.15, 0.2) is 18.0 Å². The molecule has 6 heteroatoms. The van der Waals surface area contributed by atoms with E-state index < -0.39 is 5.95 Å². The number of aryl methyl sites for hydroxylation is 2. The molecule has 17 heavy (non-hydrogen) atoms. The van der Waals surface area contributed by atoms with E-state index in [0.29, 0.717) is 6.54 Å². The van der Waals surface area contributed by atoms with Gasteiger partial charge in [0.05, 0.1) is 5.27 Å². The molecule has 1 aliphatic rings. The van der Waals surface area contributed by atoms with Gasteiger partial charge in [-0.1, -0.05) is 10.7 Å². The van der Waals surface area contributed by atoms with Gasteiger partial charge in [0.2, 0.25) is 13.0 Å². The molecule has 2 heterocycles. The number of hydrogen-bond donors (Lipinski definition) is 0. The van der Waals surface area contributed by atoms with Crippen molar-refractivity contribution in [2.45, 2.75) is 13.0 Å². The first-order valence-corrected chi connectivity index (χ1v) is 5.23. The summed E-state index contributed by atoms with van der Waals surface area (Å²) in [6.07, 6.45) is 2.07. The molecule has 0 fully saturated rings. The van der Waals surface area contributed by atoms with Gasteiger partial charge in [-0.15, -0.1) is 0 Å². The van der Waals surface area contributed by atoms with Crippen LogP contribution in [0.1, 0.15) is 5.56 Å². The summed E-state index contributed by atoms with van der Waals surface area (Å²) >= 11 is 0. The summed E-state index contributed by atoms with van der Waals surface area (Å²) in [5.41, 5.74) is 1.09. The SMILES string of the molecule is [O-]c1c[n+](CCc2ccc3c(c2)OCO3)no1. The van der Waals surface area contributed by atoms with Crippen LogP contribution < -0.4 is 19.3 Å². The molecule has 1 aromatic carbocycles. The van der Waals surface area contributed by atoms with Crippen molar-refractivity contribution in [2.75, 3.05) is 6.79 Å². The number of benzene rings is 1. The zero-order valence-corrected chi connectivity index (χ0v) is 8.96. The Bertz CT molecular complexity index is 538. The van der Waals surface area contributed by atoms with Crippen LogP contribution in [0.25, 0.3) is 0 Å². The Kier molecular flexibility index (Phi) is 2.32. The highest BCUT2D eigenvalue weighted by atomic mass is 16.7. The maximum atomic E-state index is 10.8. The Morgan fingerprint density at radius 2 is 2.18 bits per heavy atom. The number of ether oxygens (including phenoxy) is 2. The van der Waals surface area contributed by atoms with Crippen LogP contribution in [0.3, 0.4) is 0 Å². The Labute approximate surface area is 97.0 Å². The first-order valence-electron chi connectivity index (χ1n) is 5.23. The Hall–Kier alpha value is -2.24. The van der Waals surface area contributed by atoms with E-state index in [-0.39, 0.29) is 6.79 Å². The fraction of sp³-hybridized carbons (Fsp3) is 0.273. The molecular weight excluding hydrogens is 224 g/mol. The summed E-state index contributed by atoms with van der Waals surface area (Å²) in [7, 11) is 0. The predicted octanol–water partition coefficient (Wildman–Crippen LogP) is 0.00710. The van der Waals surface area contributed by atoms with Gasteiger partial charge in [0.1, 0.15) is 5.95 Å². The molecule has 0 radical (unpaired) electrons. The molecule has 88 valence electrons. The highest BCUT2D eigenvalue weighted by molar-refractivity contribution is 5.44. The maximum Gasteiger partial charge on any atom is 0.231 e. The Morgan fingerprint density at radius 3 is 3.00 bits per heavy atom. The zero-order chi connectivity index (χ0) is 11.7. The first kappa shape index (κ1) is 9.95. The highest BCUT2D eigenvalue weighted by Crippen LogP contribution is 2.32. The summed E-state index contributed by atoms with van der Waals surface area (Å²) in [4.78, 5) is 0. The molecule has 0 spiro atoms. The van der Waals surface area contributed by atoms with Crippen molar-refractivity contribution in [3.05, 3.63) is 30.0 Å². The van der Waals surface area contributed by atoms with Crippen LogP contribution in [0.15, 0.2) is 28.9 Å². The van der Waals surface area contributed by atoms with Gasteiger partial charge in [-0.3, -0.25) is 0 Å². The minimum absolute atomic E-state index is 0.274. The molecule has 0 atom stereocenters. The zero-order valence-electron chi connectivity index (χ0n) is 8.96. The summed E-state index contributed by atoms with van der Waals surface area (Å²) < 4.78 is 16.4. The fourth-order valence-corrected chi connectivity index (χ4v) is 1.71. The second-order valence-corrected chi connectivity index (χ2v) is 3.72. The largest absolute Gasteiger partial charge is 0.539 e. The third-order valence-corrected chi connectivity index (χ3v) is 2.56. The second kappa shape index (κ2) is 3.97. The highest BCUT2D eigenvalue weighted by Gasteiger charge is 2.14. The summed E-state index contributed by atoms with van der Waals surface area (Å²) in [5.74, 6) is 1.09. The van der Waals surface area contributed by atoms with Gasteiger partial charge in [-0.2, -0.15) is 0 Å². The number of aromatic nitrogens is 2. The van der Waals surface area contributed by atoms with E-state index in [9.17, 15) is 5.11 Å². The van der Waals surface area contributed by atoms with Gasteiger partial charge in [0, 0.05) is 6.42 Å². The molecular formula is C11H10N2O4. The van der Waals surface area contributed by atoms with Gasteiger partial charge in [0.25, 0.3) is 0 Å². The molecule has 0 bridgehead atoms. The van der Waals surface area contributed by atoms with Crippen molar-refractivity contribution in [1.82, 2.24) is 5.27 Å².